The number of carbonyl (C=O) groups is 1. The van der Waals surface area contributed by atoms with Crippen LogP contribution in [0.5, 0.6) is 0 Å². The average Bonchev–Trinajstić information content (AvgIpc) is 3.34. The first kappa shape index (κ1) is 17.9. The number of hydrogen-bond acceptors (Lipinski definition) is 5. The maximum absolute atomic E-state index is 13.1. The summed E-state index contributed by atoms with van der Waals surface area (Å²) in [5.74, 6) is 0.0987. The number of aromatic nitrogens is 2. The van der Waals surface area contributed by atoms with Crippen LogP contribution in [0, 0.1) is 0 Å². The molecule has 0 aromatic carbocycles. The molecule has 1 aromatic heterocycles. The van der Waals surface area contributed by atoms with Crippen LogP contribution in [0.3, 0.4) is 0 Å². The van der Waals surface area contributed by atoms with E-state index >= 15 is 0 Å². The van der Waals surface area contributed by atoms with Crippen LogP contribution in [-0.2, 0) is 16.0 Å². The molecule has 7 nitrogen and oxygen atoms in total. The van der Waals surface area contributed by atoms with E-state index in [0.29, 0.717) is 24.9 Å². The van der Waals surface area contributed by atoms with Crippen LogP contribution in [0.15, 0.2) is 12.3 Å². The summed E-state index contributed by atoms with van der Waals surface area (Å²) < 4.78 is 12.7. The van der Waals surface area contributed by atoms with Gasteiger partial charge in [-0.1, -0.05) is 0 Å². The van der Waals surface area contributed by atoms with E-state index in [-0.39, 0.29) is 11.4 Å². The number of likely N-dealkylation sites (tertiary alicyclic amines) is 2. The fourth-order valence-corrected chi connectivity index (χ4v) is 4.69. The predicted octanol–water partition coefficient (Wildman–Crippen LogP) is 1.39. The lowest BCUT2D eigenvalue weighted by Gasteiger charge is -2.57. The molecule has 0 bridgehead atoms. The van der Waals surface area contributed by atoms with Crippen LogP contribution < -0.4 is 0 Å². The summed E-state index contributed by atoms with van der Waals surface area (Å²) in [7, 11) is 1.67. The number of methoxy groups -OCH3 is 1. The van der Waals surface area contributed by atoms with Crippen molar-refractivity contribution in [1.82, 2.24) is 19.6 Å². The predicted molar refractivity (Wildman–Crippen MR) is 97.1 cm³/mol. The Bertz CT molecular complexity index is 628. The molecule has 0 aliphatic carbocycles. The van der Waals surface area contributed by atoms with Crippen molar-refractivity contribution >= 4 is 5.91 Å². The van der Waals surface area contributed by atoms with Crippen LogP contribution in [0.4, 0.5) is 0 Å². The van der Waals surface area contributed by atoms with Gasteiger partial charge in [0, 0.05) is 51.6 Å². The number of hydrogen-bond donors (Lipinski definition) is 0. The van der Waals surface area contributed by atoms with Crippen LogP contribution in [0.1, 0.15) is 42.6 Å². The van der Waals surface area contributed by atoms with E-state index in [9.17, 15) is 4.79 Å². The van der Waals surface area contributed by atoms with Gasteiger partial charge in [0.05, 0.1) is 19.3 Å². The highest BCUT2D eigenvalue weighted by molar-refractivity contribution is 5.92. The quantitative estimate of drug-likeness (QED) is 0.765. The van der Waals surface area contributed by atoms with Crippen LogP contribution in [0.25, 0.3) is 0 Å². The van der Waals surface area contributed by atoms with Gasteiger partial charge in [0.25, 0.3) is 5.91 Å². The normalized spacial score (nSPS) is 29.3. The molecule has 0 N–H and O–H groups in total. The van der Waals surface area contributed by atoms with Crippen LogP contribution >= 0.6 is 0 Å². The Hall–Kier alpha value is -1.44. The van der Waals surface area contributed by atoms with Crippen molar-refractivity contribution in [3.8, 4) is 0 Å². The van der Waals surface area contributed by atoms with Crippen molar-refractivity contribution in [2.24, 2.45) is 0 Å². The molecule has 7 heteroatoms. The number of carbonyl (C=O) groups excluding carboxylic acids is 1. The van der Waals surface area contributed by atoms with Gasteiger partial charge in [-0.15, -0.1) is 0 Å². The van der Waals surface area contributed by atoms with Crippen molar-refractivity contribution in [3.63, 3.8) is 0 Å². The Morgan fingerprint density at radius 2 is 2.31 bits per heavy atom. The summed E-state index contributed by atoms with van der Waals surface area (Å²) in [6.07, 6.45) is 7.89. The van der Waals surface area contributed by atoms with Crippen molar-refractivity contribution in [1.29, 1.82) is 0 Å². The first-order valence-corrected chi connectivity index (χ1v) is 9.88. The van der Waals surface area contributed by atoms with Gasteiger partial charge in [-0.3, -0.25) is 14.4 Å². The summed E-state index contributed by atoms with van der Waals surface area (Å²) in [5, 5.41) is 4.29. The zero-order chi connectivity index (χ0) is 18.0. The lowest BCUT2D eigenvalue weighted by Crippen LogP contribution is -2.68. The SMILES string of the molecule is COCCn1nccc1C(=O)N1CCC[C@]2(CCN2C[C@H]2CCCO2)C1. The van der Waals surface area contributed by atoms with Crippen LogP contribution in [-0.4, -0.2) is 83.6 Å². The minimum Gasteiger partial charge on any atom is -0.383 e. The minimum absolute atomic E-state index is 0.0987. The molecule has 2 atom stereocenters. The Balaban J connectivity index is 1.41. The summed E-state index contributed by atoms with van der Waals surface area (Å²) in [6, 6.07) is 1.82. The summed E-state index contributed by atoms with van der Waals surface area (Å²) in [5.41, 5.74) is 0.834. The van der Waals surface area contributed by atoms with Gasteiger partial charge < -0.3 is 14.4 Å². The highest BCUT2D eigenvalue weighted by Crippen LogP contribution is 2.39. The van der Waals surface area contributed by atoms with Gasteiger partial charge in [-0.2, -0.15) is 5.10 Å². The number of amides is 1. The zero-order valence-electron chi connectivity index (χ0n) is 15.7. The molecule has 0 unspecified atom stereocenters. The lowest BCUT2D eigenvalue weighted by molar-refractivity contribution is -0.0808. The van der Waals surface area contributed by atoms with Gasteiger partial charge in [-0.25, -0.2) is 0 Å². The van der Waals surface area contributed by atoms with E-state index in [1.54, 1.807) is 18.0 Å². The molecule has 4 rings (SSSR count). The standard InChI is InChI=1S/C19H30N4O3/c1-25-13-11-23-17(5-8-20-23)18(24)21-9-3-6-19(15-21)7-10-22(19)14-16-4-2-12-26-16/h5,8,16H,2-4,6-7,9-15H2,1H3/t16-,19+/m1/s1. The molecular weight excluding hydrogens is 332 g/mol. The second-order valence-electron chi connectivity index (χ2n) is 7.82. The molecular formula is C19H30N4O3. The molecule has 4 heterocycles. The monoisotopic (exact) mass is 362 g/mol. The molecule has 3 aliphatic rings. The molecule has 1 spiro atoms. The fourth-order valence-electron chi connectivity index (χ4n) is 4.69. The van der Waals surface area contributed by atoms with Crippen molar-refractivity contribution in [3.05, 3.63) is 18.0 Å². The number of ether oxygens (including phenoxy) is 2. The average molecular weight is 362 g/mol. The highest BCUT2D eigenvalue weighted by atomic mass is 16.5. The summed E-state index contributed by atoms with van der Waals surface area (Å²) in [6.45, 7) is 5.89. The molecule has 3 saturated heterocycles. The van der Waals surface area contributed by atoms with Crippen molar-refractivity contribution in [2.45, 2.75) is 50.3 Å². The molecule has 26 heavy (non-hydrogen) atoms. The smallest absolute Gasteiger partial charge is 0.272 e. The fraction of sp³-hybridized carbons (Fsp3) is 0.789. The second kappa shape index (κ2) is 7.66. The summed E-state index contributed by atoms with van der Waals surface area (Å²) >= 11 is 0. The van der Waals surface area contributed by atoms with E-state index < -0.39 is 0 Å². The molecule has 1 aromatic rings. The van der Waals surface area contributed by atoms with Gasteiger partial charge in [0.1, 0.15) is 5.69 Å². The third kappa shape index (κ3) is 3.40. The topological polar surface area (TPSA) is 59.8 Å². The van der Waals surface area contributed by atoms with Gasteiger partial charge >= 0.3 is 0 Å². The van der Waals surface area contributed by atoms with Gasteiger partial charge in [-0.05, 0) is 38.2 Å². The van der Waals surface area contributed by atoms with E-state index in [4.69, 9.17) is 9.47 Å². The molecule has 1 amide bonds. The van der Waals surface area contributed by atoms with E-state index in [1.165, 1.54) is 25.7 Å². The Morgan fingerprint density at radius 3 is 3.04 bits per heavy atom. The third-order valence-electron chi connectivity index (χ3n) is 6.25. The largest absolute Gasteiger partial charge is 0.383 e. The van der Waals surface area contributed by atoms with E-state index in [1.807, 2.05) is 11.0 Å². The molecule has 0 radical (unpaired) electrons. The molecule has 3 aliphatic heterocycles. The van der Waals surface area contributed by atoms with Crippen molar-refractivity contribution < 1.29 is 14.3 Å². The lowest BCUT2D eigenvalue weighted by atomic mass is 9.77. The molecule has 0 saturated carbocycles. The van der Waals surface area contributed by atoms with Gasteiger partial charge in [0.2, 0.25) is 0 Å². The van der Waals surface area contributed by atoms with E-state index in [2.05, 4.69) is 10.00 Å². The second-order valence-corrected chi connectivity index (χ2v) is 7.82. The Labute approximate surface area is 155 Å². The first-order chi connectivity index (χ1) is 12.7. The number of nitrogens with zero attached hydrogens (tertiary/aromatic N) is 4. The minimum atomic E-state index is 0.0987. The Kier molecular flexibility index (Phi) is 5.29. The zero-order valence-corrected chi connectivity index (χ0v) is 15.7. The van der Waals surface area contributed by atoms with E-state index in [0.717, 1.165) is 39.2 Å². The van der Waals surface area contributed by atoms with Crippen LogP contribution in [0.2, 0.25) is 0 Å². The number of piperidine rings is 1. The number of rotatable bonds is 6. The van der Waals surface area contributed by atoms with Crippen molar-refractivity contribution in [2.75, 3.05) is 46.5 Å². The van der Waals surface area contributed by atoms with Gasteiger partial charge in [0.15, 0.2) is 0 Å². The first-order valence-electron chi connectivity index (χ1n) is 9.88. The highest BCUT2D eigenvalue weighted by Gasteiger charge is 2.48. The molecule has 3 fully saturated rings. The molecule has 144 valence electrons. The third-order valence-corrected chi connectivity index (χ3v) is 6.25. The maximum atomic E-state index is 13.1. The Morgan fingerprint density at radius 1 is 1.38 bits per heavy atom. The summed E-state index contributed by atoms with van der Waals surface area (Å²) in [4.78, 5) is 17.7. The maximum Gasteiger partial charge on any atom is 0.272 e.